The lowest BCUT2D eigenvalue weighted by Crippen LogP contribution is -2.54. The standard InChI is InChI=1S/C14H28N2O2.ClH/c1-4-16(10-11-18-5-2)13(17)12-8-6-7-9-14(12,3)15;/h12H,4-11,15H2,1-3H3;1H. The largest absolute Gasteiger partial charge is 0.380 e. The number of amides is 1. The summed E-state index contributed by atoms with van der Waals surface area (Å²) in [6.45, 7) is 8.73. The summed E-state index contributed by atoms with van der Waals surface area (Å²) in [6.07, 6.45) is 4.14. The summed E-state index contributed by atoms with van der Waals surface area (Å²) in [7, 11) is 0. The Hall–Kier alpha value is -0.320. The maximum atomic E-state index is 12.5. The van der Waals surface area contributed by atoms with E-state index in [1.807, 2.05) is 25.7 Å². The predicted molar refractivity (Wildman–Crippen MR) is 80.5 cm³/mol. The smallest absolute Gasteiger partial charge is 0.227 e. The van der Waals surface area contributed by atoms with E-state index in [0.29, 0.717) is 19.8 Å². The lowest BCUT2D eigenvalue weighted by Gasteiger charge is -2.39. The molecule has 0 aliphatic heterocycles. The second-order valence-electron chi connectivity index (χ2n) is 5.42. The first-order valence-electron chi connectivity index (χ1n) is 7.18. The summed E-state index contributed by atoms with van der Waals surface area (Å²) in [5, 5.41) is 0. The second-order valence-corrected chi connectivity index (χ2v) is 5.42. The molecule has 2 unspecified atom stereocenters. The molecule has 0 saturated heterocycles. The number of rotatable bonds is 6. The lowest BCUT2D eigenvalue weighted by molar-refractivity contribution is -0.139. The first-order valence-corrected chi connectivity index (χ1v) is 7.18. The molecule has 0 aromatic carbocycles. The Bertz CT molecular complexity index is 272. The van der Waals surface area contributed by atoms with Gasteiger partial charge in [-0.2, -0.15) is 0 Å². The maximum Gasteiger partial charge on any atom is 0.227 e. The van der Waals surface area contributed by atoms with Crippen molar-refractivity contribution in [1.82, 2.24) is 4.90 Å². The van der Waals surface area contributed by atoms with Crippen LogP contribution < -0.4 is 5.73 Å². The van der Waals surface area contributed by atoms with Gasteiger partial charge in [0.25, 0.3) is 0 Å². The molecule has 0 bridgehead atoms. The second kappa shape index (κ2) is 8.77. The molecular formula is C14H29ClN2O2. The summed E-state index contributed by atoms with van der Waals surface area (Å²) in [5.41, 5.74) is 5.95. The fourth-order valence-corrected chi connectivity index (χ4v) is 2.73. The fraction of sp³-hybridized carbons (Fsp3) is 0.929. The average Bonchev–Trinajstić information content (AvgIpc) is 2.33. The Balaban J connectivity index is 0.00000324. The summed E-state index contributed by atoms with van der Waals surface area (Å²) in [4.78, 5) is 14.4. The Morgan fingerprint density at radius 2 is 2.11 bits per heavy atom. The number of hydrogen-bond acceptors (Lipinski definition) is 3. The summed E-state index contributed by atoms with van der Waals surface area (Å²) >= 11 is 0. The van der Waals surface area contributed by atoms with Crippen molar-refractivity contribution in [2.75, 3.05) is 26.3 Å². The first kappa shape index (κ1) is 18.7. The van der Waals surface area contributed by atoms with Crippen LogP contribution in [0, 0.1) is 5.92 Å². The highest BCUT2D eigenvalue weighted by Crippen LogP contribution is 2.32. The molecule has 1 fully saturated rings. The normalized spacial score (nSPS) is 26.6. The molecule has 5 heteroatoms. The van der Waals surface area contributed by atoms with Crippen LogP contribution in [0.3, 0.4) is 0 Å². The summed E-state index contributed by atoms with van der Waals surface area (Å²) in [6, 6.07) is 0. The Labute approximate surface area is 123 Å². The van der Waals surface area contributed by atoms with E-state index in [-0.39, 0.29) is 29.8 Å². The van der Waals surface area contributed by atoms with Gasteiger partial charge in [-0.1, -0.05) is 12.8 Å². The summed E-state index contributed by atoms with van der Waals surface area (Å²) < 4.78 is 5.33. The van der Waals surface area contributed by atoms with Crippen molar-refractivity contribution >= 4 is 18.3 Å². The fourth-order valence-electron chi connectivity index (χ4n) is 2.73. The van der Waals surface area contributed by atoms with E-state index in [0.717, 1.165) is 32.2 Å². The van der Waals surface area contributed by atoms with Gasteiger partial charge >= 0.3 is 0 Å². The van der Waals surface area contributed by atoms with Crippen molar-refractivity contribution < 1.29 is 9.53 Å². The van der Waals surface area contributed by atoms with Crippen molar-refractivity contribution in [3.8, 4) is 0 Å². The third kappa shape index (κ3) is 5.28. The van der Waals surface area contributed by atoms with Gasteiger partial charge in [-0.3, -0.25) is 4.79 Å². The third-order valence-electron chi connectivity index (χ3n) is 3.96. The van der Waals surface area contributed by atoms with Crippen LogP contribution in [-0.4, -0.2) is 42.6 Å². The Morgan fingerprint density at radius 3 is 2.63 bits per heavy atom. The van der Waals surface area contributed by atoms with Gasteiger partial charge in [0, 0.05) is 25.2 Å². The van der Waals surface area contributed by atoms with Crippen LogP contribution in [0.25, 0.3) is 0 Å². The van der Waals surface area contributed by atoms with Gasteiger partial charge in [0.2, 0.25) is 5.91 Å². The van der Waals surface area contributed by atoms with Gasteiger partial charge in [-0.15, -0.1) is 12.4 Å². The van der Waals surface area contributed by atoms with Crippen LogP contribution >= 0.6 is 12.4 Å². The number of nitrogens with two attached hydrogens (primary N) is 1. The van der Waals surface area contributed by atoms with E-state index in [1.165, 1.54) is 0 Å². The minimum Gasteiger partial charge on any atom is -0.380 e. The van der Waals surface area contributed by atoms with Crippen molar-refractivity contribution in [1.29, 1.82) is 0 Å². The molecule has 2 N–H and O–H groups in total. The molecule has 0 aromatic heterocycles. The van der Waals surface area contributed by atoms with Crippen LogP contribution in [0.1, 0.15) is 46.5 Å². The molecule has 19 heavy (non-hydrogen) atoms. The number of nitrogens with zero attached hydrogens (tertiary/aromatic N) is 1. The predicted octanol–water partition coefficient (Wildman–Crippen LogP) is 2.20. The highest BCUT2D eigenvalue weighted by Gasteiger charge is 2.39. The minimum atomic E-state index is -0.339. The number of hydrogen-bond donors (Lipinski definition) is 1. The number of ether oxygens (including phenoxy) is 1. The van der Waals surface area contributed by atoms with Gasteiger partial charge in [0.05, 0.1) is 12.5 Å². The van der Waals surface area contributed by atoms with Crippen LogP contribution in [0.5, 0.6) is 0 Å². The van der Waals surface area contributed by atoms with Crippen LogP contribution in [-0.2, 0) is 9.53 Å². The van der Waals surface area contributed by atoms with E-state index in [2.05, 4.69) is 0 Å². The zero-order valence-electron chi connectivity index (χ0n) is 12.5. The molecule has 0 heterocycles. The van der Waals surface area contributed by atoms with E-state index >= 15 is 0 Å². The number of carbonyl (C=O) groups excluding carboxylic acids is 1. The topological polar surface area (TPSA) is 55.6 Å². The van der Waals surface area contributed by atoms with Crippen molar-refractivity contribution in [3.63, 3.8) is 0 Å². The number of halogens is 1. The SMILES string of the molecule is CCOCCN(CC)C(=O)C1CCCCC1(C)N.Cl. The molecule has 1 amide bonds. The van der Waals surface area contributed by atoms with Gasteiger partial charge in [0.15, 0.2) is 0 Å². The number of likely N-dealkylation sites (N-methyl/N-ethyl adjacent to an activating group) is 1. The van der Waals surface area contributed by atoms with Gasteiger partial charge in [-0.25, -0.2) is 0 Å². The van der Waals surface area contributed by atoms with Crippen molar-refractivity contribution in [2.24, 2.45) is 11.7 Å². The Kier molecular flexibility index (Phi) is 8.62. The van der Waals surface area contributed by atoms with Crippen LogP contribution in [0.2, 0.25) is 0 Å². The molecule has 0 radical (unpaired) electrons. The van der Waals surface area contributed by atoms with Crippen molar-refractivity contribution in [3.05, 3.63) is 0 Å². The molecule has 1 aliphatic carbocycles. The highest BCUT2D eigenvalue weighted by molar-refractivity contribution is 5.85. The van der Waals surface area contributed by atoms with E-state index in [1.54, 1.807) is 0 Å². The van der Waals surface area contributed by atoms with Crippen molar-refractivity contribution in [2.45, 2.75) is 52.0 Å². The Morgan fingerprint density at radius 1 is 1.42 bits per heavy atom. The van der Waals surface area contributed by atoms with Gasteiger partial charge < -0.3 is 15.4 Å². The quantitative estimate of drug-likeness (QED) is 0.764. The molecule has 1 saturated carbocycles. The maximum absolute atomic E-state index is 12.5. The minimum absolute atomic E-state index is 0. The lowest BCUT2D eigenvalue weighted by atomic mass is 9.74. The van der Waals surface area contributed by atoms with Crippen LogP contribution in [0.15, 0.2) is 0 Å². The van der Waals surface area contributed by atoms with E-state index in [4.69, 9.17) is 10.5 Å². The number of carbonyl (C=O) groups is 1. The molecule has 4 nitrogen and oxygen atoms in total. The molecule has 1 aliphatic rings. The van der Waals surface area contributed by atoms with Crippen LogP contribution in [0.4, 0.5) is 0 Å². The van der Waals surface area contributed by atoms with E-state index < -0.39 is 0 Å². The molecule has 0 aromatic rings. The van der Waals surface area contributed by atoms with E-state index in [9.17, 15) is 4.79 Å². The third-order valence-corrected chi connectivity index (χ3v) is 3.96. The molecule has 114 valence electrons. The molecular weight excluding hydrogens is 264 g/mol. The molecule has 2 atom stereocenters. The first-order chi connectivity index (χ1) is 8.53. The zero-order valence-corrected chi connectivity index (χ0v) is 13.3. The molecule has 0 spiro atoms. The highest BCUT2D eigenvalue weighted by atomic mass is 35.5. The molecule has 1 rings (SSSR count). The van der Waals surface area contributed by atoms with Gasteiger partial charge in [-0.05, 0) is 33.6 Å². The van der Waals surface area contributed by atoms with Gasteiger partial charge in [0.1, 0.15) is 0 Å². The average molecular weight is 293 g/mol. The summed E-state index contributed by atoms with van der Waals surface area (Å²) in [5.74, 6) is 0.190. The zero-order chi connectivity index (χ0) is 13.6. The monoisotopic (exact) mass is 292 g/mol.